The second-order valence-electron chi connectivity index (χ2n) is 0.953. The Kier molecular flexibility index (Phi) is 21.4. The molecule has 44 valence electrons. The second kappa shape index (κ2) is 15.8. The van der Waals surface area contributed by atoms with E-state index in [2.05, 4.69) is 13.2 Å². The van der Waals surface area contributed by atoms with Crippen LogP contribution in [0.3, 0.4) is 0 Å². The van der Waals surface area contributed by atoms with Gasteiger partial charge in [0, 0.05) is 0 Å². The van der Waals surface area contributed by atoms with Crippen molar-refractivity contribution in [1.29, 1.82) is 0 Å². The summed E-state index contributed by atoms with van der Waals surface area (Å²) >= 11 is 0.343. The Morgan fingerprint density at radius 2 is 1.75 bits per heavy atom. The predicted molar refractivity (Wildman–Crippen MR) is 36.7 cm³/mol. The summed E-state index contributed by atoms with van der Waals surface area (Å²) < 4.78 is 0. The fourth-order valence-electron chi connectivity index (χ4n) is 0.0962. The minimum absolute atomic E-state index is 0. The molecule has 8 heavy (non-hydrogen) atoms. The first-order chi connectivity index (χ1) is 3.83. The first-order valence-electron chi connectivity index (χ1n) is 2.48. The molecule has 0 amide bonds. The van der Waals surface area contributed by atoms with Crippen LogP contribution >= 0.6 is 0 Å². The number of hydrogen-bond acceptors (Lipinski definition) is 1. The molecule has 0 heterocycles. The standard InChI is InChI=1S/C2H5O.2C2H3.Al/c1-2-3;2*1-2;/h2H2,1H3;2*1H,2H2;/q-1;;;+1. The molecule has 2 heteroatoms. The zero-order chi connectivity index (χ0) is 6.83. The normalized spacial score (nSPS) is 5.25. The number of rotatable bonds is 2. The molecule has 0 rings (SSSR count). The van der Waals surface area contributed by atoms with Gasteiger partial charge in [-0.2, -0.15) is 0 Å². The fourth-order valence-corrected chi connectivity index (χ4v) is 0.289. The largest absolute Gasteiger partial charge is 0.855 e. The molecule has 0 aliphatic carbocycles. The zero-order valence-electron chi connectivity index (χ0n) is 5.26. The average molecular weight is 126 g/mol. The smallest absolute Gasteiger partial charge is 0.0809 e. The van der Waals surface area contributed by atoms with E-state index in [0.717, 1.165) is 0 Å². The van der Waals surface area contributed by atoms with Gasteiger partial charge in [-0.15, -0.1) is 6.61 Å². The van der Waals surface area contributed by atoms with Crippen molar-refractivity contribution in [2.45, 2.75) is 6.92 Å². The predicted octanol–water partition coefficient (Wildman–Crippen LogP) is 0.344. The van der Waals surface area contributed by atoms with Gasteiger partial charge in [-0.25, -0.2) is 0 Å². The third kappa shape index (κ3) is 38.0. The van der Waals surface area contributed by atoms with E-state index in [1.54, 1.807) is 6.92 Å². The van der Waals surface area contributed by atoms with Crippen LogP contribution < -0.4 is 5.11 Å². The van der Waals surface area contributed by atoms with Gasteiger partial charge in [-0.1, -0.05) is 6.92 Å². The summed E-state index contributed by atoms with van der Waals surface area (Å²) in [5.41, 5.74) is 0. The van der Waals surface area contributed by atoms with E-state index in [4.69, 9.17) is 5.11 Å². The first kappa shape index (κ1) is 10.9. The minimum Gasteiger partial charge on any atom is -0.855 e. The molecule has 0 saturated carbocycles. The summed E-state index contributed by atoms with van der Waals surface area (Å²) in [6.45, 7) is 8.60. The molecule has 0 unspecified atom stereocenters. The van der Waals surface area contributed by atoms with Crippen LogP contribution in [0.25, 0.3) is 0 Å². The molecule has 0 aromatic heterocycles. The monoisotopic (exact) mass is 126 g/mol. The first-order valence-corrected chi connectivity index (χ1v) is 3.81. The van der Waals surface area contributed by atoms with E-state index in [1.165, 1.54) is 0 Å². The molecule has 0 atom stereocenters. The average Bonchev–Trinajstić information content (AvgIpc) is 1.71. The van der Waals surface area contributed by atoms with Crippen molar-refractivity contribution in [2.75, 3.05) is 6.61 Å². The van der Waals surface area contributed by atoms with Gasteiger partial charge in [0.25, 0.3) is 0 Å². The van der Waals surface area contributed by atoms with Gasteiger partial charge in [0.2, 0.25) is 0 Å². The summed E-state index contributed by atoms with van der Waals surface area (Å²) in [6, 6.07) is 0. The molecular weight excluding hydrogens is 115 g/mol. The molecule has 0 aromatic carbocycles. The van der Waals surface area contributed by atoms with Crippen molar-refractivity contribution >= 4 is 15.2 Å². The summed E-state index contributed by atoms with van der Waals surface area (Å²) in [4.78, 5) is 3.79. The van der Waals surface area contributed by atoms with Crippen molar-refractivity contribution in [3.05, 3.63) is 23.0 Å². The third-order valence-electron chi connectivity index (χ3n) is 0.272. The van der Waals surface area contributed by atoms with Crippen molar-refractivity contribution in [2.24, 2.45) is 0 Å². The van der Waals surface area contributed by atoms with Crippen LogP contribution in [0.1, 0.15) is 6.92 Å². The third-order valence-corrected chi connectivity index (χ3v) is 0.816. The van der Waals surface area contributed by atoms with Gasteiger partial charge in [0.15, 0.2) is 0 Å². The van der Waals surface area contributed by atoms with E-state index in [9.17, 15) is 0 Å². The Hall–Kier alpha value is -0.0275. The van der Waals surface area contributed by atoms with Crippen LogP contribution in [0.4, 0.5) is 0 Å². The molecule has 0 aliphatic heterocycles. The molecule has 0 spiro atoms. The summed E-state index contributed by atoms with van der Waals surface area (Å²) in [7, 11) is 0. The maximum absolute atomic E-state index is 8.93. The topological polar surface area (TPSA) is 23.1 Å². The number of hydrogen-bond donors (Lipinski definition) is 0. The summed E-state index contributed by atoms with van der Waals surface area (Å²) in [6.07, 6.45) is 0. The Balaban J connectivity index is 0. The van der Waals surface area contributed by atoms with Crippen LogP contribution in [0.15, 0.2) is 23.0 Å². The maximum Gasteiger partial charge on any atom is -0.0809 e. The molecule has 0 N–H and O–H groups in total. The molecule has 1 nitrogen and oxygen atoms in total. The van der Waals surface area contributed by atoms with Gasteiger partial charge < -0.3 is 5.11 Å². The summed E-state index contributed by atoms with van der Waals surface area (Å²) in [5.74, 6) is 0. The van der Waals surface area contributed by atoms with E-state index >= 15 is 0 Å². The van der Waals surface area contributed by atoms with E-state index in [1.807, 2.05) is 9.88 Å². The zero-order valence-corrected chi connectivity index (χ0v) is 6.42. The molecular formula is C6H11AlO. The Bertz CT molecular complexity index is 46.5. The van der Waals surface area contributed by atoms with E-state index in [-0.39, 0.29) is 6.61 Å². The van der Waals surface area contributed by atoms with Crippen molar-refractivity contribution in [3.63, 3.8) is 0 Å². The van der Waals surface area contributed by atoms with Gasteiger partial charge in [-0.3, -0.25) is 0 Å². The second-order valence-corrected chi connectivity index (χ2v) is 2.28. The SMILES string of the molecule is C=[CH][Al+][CH]=C.CC[O-]. The van der Waals surface area contributed by atoms with Crippen molar-refractivity contribution in [1.82, 2.24) is 0 Å². The van der Waals surface area contributed by atoms with Gasteiger partial charge in [0.1, 0.15) is 0 Å². The van der Waals surface area contributed by atoms with Crippen LogP contribution in [-0.4, -0.2) is 21.8 Å². The van der Waals surface area contributed by atoms with Crippen LogP contribution in [0.2, 0.25) is 0 Å². The molecule has 0 fully saturated rings. The Morgan fingerprint density at radius 3 is 1.75 bits per heavy atom. The quantitative estimate of drug-likeness (QED) is 0.489. The minimum atomic E-state index is 0. The maximum atomic E-state index is 8.93. The van der Waals surface area contributed by atoms with Gasteiger partial charge in [0.05, 0.1) is 0 Å². The molecule has 0 radical (unpaired) electrons. The molecule has 0 aromatic rings. The Morgan fingerprint density at radius 1 is 1.50 bits per heavy atom. The summed E-state index contributed by atoms with van der Waals surface area (Å²) in [5, 5.41) is 8.93. The molecule has 0 aliphatic rings. The van der Waals surface area contributed by atoms with E-state index in [0.29, 0.717) is 15.2 Å². The van der Waals surface area contributed by atoms with Gasteiger partial charge >= 0.3 is 38.3 Å². The van der Waals surface area contributed by atoms with Crippen LogP contribution in [0.5, 0.6) is 0 Å². The van der Waals surface area contributed by atoms with Gasteiger partial charge in [-0.05, 0) is 0 Å². The Labute approximate surface area is 57.4 Å². The van der Waals surface area contributed by atoms with E-state index < -0.39 is 0 Å². The molecule has 0 saturated heterocycles. The van der Waals surface area contributed by atoms with Crippen LogP contribution in [0, 0.1) is 0 Å². The fraction of sp³-hybridized carbons (Fsp3) is 0.333. The van der Waals surface area contributed by atoms with Crippen molar-refractivity contribution < 1.29 is 5.11 Å². The molecule has 0 bridgehead atoms. The van der Waals surface area contributed by atoms with Crippen LogP contribution in [-0.2, 0) is 0 Å². The van der Waals surface area contributed by atoms with Crippen molar-refractivity contribution in [3.8, 4) is 0 Å².